The second-order valence-electron chi connectivity index (χ2n) is 5.42. The van der Waals surface area contributed by atoms with Gasteiger partial charge < -0.3 is 5.32 Å². The Morgan fingerprint density at radius 2 is 1.94 bits per heavy atom. The van der Waals surface area contributed by atoms with Crippen molar-refractivity contribution in [2.75, 3.05) is 13.1 Å². The number of aromatic nitrogens is 3. The normalized spacial score (nSPS) is 18.9. The van der Waals surface area contributed by atoms with Crippen molar-refractivity contribution in [2.24, 2.45) is 0 Å². The predicted molar refractivity (Wildman–Crippen MR) is 62.7 cm³/mol. The molecule has 2 heterocycles. The van der Waals surface area contributed by atoms with Crippen LogP contribution in [0.5, 0.6) is 0 Å². The summed E-state index contributed by atoms with van der Waals surface area (Å²) in [5.74, 6) is 1.32. The molecule has 5 heteroatoms. The van der Waals surface area contributed by atoms with Gasteiger partial charge in [0.25, 0.3) is 0 Å². The summed E-state index contributed by atoms with van der Waals surface area (Å²) in [6.07, 6.45) is 2.11. The first-order valence-corrected chi connectivity index (χ1v) is 5.88. The highest BCUT2D eigenvalue weighted by Gasteiger charge is 2.27. The fourth-order valence-electron chi connectivity index (χ4n) is 2.31. The Morgan fingerprint density at radius 1 is 1.31 bits per heavy atom. The number of hydrogen-bond donors (Lipinski definition) is 2. The van der Waals surface area contributed by atoms with Crippen LogP contribution in [-0.4, -0.2) is 27.9 Å². The Labute approximate surface area is 95.2 Å². The molecule has 5 nitrogen and oxygen atoms in total. The Hall–Kier alpha value is -1.10. The van der Waals surface area contributed by atoms with Gasteiger partial charge in [-0.15, -0.1) is 0 Å². The van der Waals surface area contributed by atoms with E-state index in [2.05, 4.69) is 15.5 Å². The molecule has 1 aliphatic heterocycles. The molecular weight excluding hydrogens is 204 g/mol. The zero-order chi connectivity index (χ0) is 11.8. The maximum atomic E-state index is 11.8. The molecule has 90 valence electrons. The van der Waals surface area contributed by atoms with Crippen molar-refractivity contribution in [2.45, 2.75) is 45.1 Å². The van der Waals surface area contributed by atoms with E-state index in [9.17, 15) is 4.79 Å². The van der Waals surface area contributed by atoms with Crippen LogP contribution in [-0.2, 0) is 5.54 Å². The maximum Gasteiger partial charge on any atom is 0.343 e. The van der Waals surface area contributed by atoms with Gasteiger partial charge in [0.2, 0.25) is 0 Å². The van der Waals surface area contributed by atoms with E-state index in [1.807, 2.05) is 20.8 Å². The lowest BCUT2D eigenvalue weighted by molar-refractivity contribution is 0.343. The van der Waals surface area contributed by atoms with E-state index in [-0.39, 0.29) is 11.2 Å². The summed E-state index contributed by atoms with van der Waals surface area (Å²) >= 11 is 0. The molecule has 1 fully saturated rings. The van der Waals surface area contributed by atoms with E-state index in [1.54, 1.807) is 4.57 Å². The summed E-state index contributed by atoms with van der Waals surface area (Å²) in [6, 6.07) is 0. The van der Waals surface area contributed by atoms with Crippen molar-refractivity contribution in [3.63, 3.8) is 0 Å². The van der Waals surface area contributed by atoms with Gasteiger partial charge in [0, 0.05) is 11.5 Å². The lowest BCUT2D eigenvalue weighted by Gasteiger charge is -2.27. The van der Waals surface area contributed by atoms with E-state index < -0.39 is 0 Å². The molecule has 0 atom stereocenters. The average molecular weight is 224 g/mol. The number of nitrogens with zero attached hydrogens (tertiary/aromatic N) is 2. The molecule has 0 saturated carbocycles. The molecule has 0 aromatic carbocycles. The maximum absolute atomic E-state index is 11.8. The number of nitrogens with one attached hydrogen (secondary N) is 2. The molecule has 0 spiro atoms. The Morgan fingerprint density at radius 3 is 2.50 bits per heavy atom. The van der Waals surface area contributed by atoms with Gasteiger partial charge in [-0.1, -0.05) is 0 Å². The minimum absolute atomic E-state index is 0.0963. The van der Waals surface area contributed by atoms with Gasteiger partial charge in [-0.25, -0.2) is 9.89 Å². The van der Waals surface area contributed by atoms with Gasteiger partial charge in [-0.3, -0.25) is 4.57 Å². The van der Waals surface area contributed by atoms with E-state index in [1.165, 1.54) is 0 Å². The summed E-state index contributed by atoms with van der Waals surface area (Å²) in [6.45, 7) is 8.13. The molecule has 1 saturated heterocycles. The highest BCUT2D eigenvalue weighted by Crippen LogP contribution is 2.25. The van der Waals surface area contributed by atoms with Gasteiger partial charge in [0.1, 0.15) is 5.82 Å². The van der Waals surface area contributed by atoms with Gasteiger partial charge in [0.15, 0.2) is 0 Å². The van der Waals surface area contributed by atoms with Crippen molar-refractivity contribution in [1.29, 1.82) is 0 Å². The topological polar surface area (TPSA) is 62.7 Å². The average Bonchev–Trinajstić information content (AvgIpc) is 2.61. The number of aromatic amines is 1. The van der Waals surface area contributed by atoms with Crippen molar-refractivity contribution >= 4 is 0 Å². The van der Waals surface area contributed by atoms with E-state index in [0.717, 1.165) is 31.8 Å². The molecule has 1 aliphatic rings. The zero-order valence-electron chi connectivity index (χ0n) is 10.2. The third-order valence-electron chi connectivity index (χ3n) is 3.07. The summed E-state index contributed by atoms with van der Waals surface area (Å²) in [5, 5.41) is 10.1. The molecule has 1 aromatic rings. The minimum Gasteiger partial charge on any atom is -0.317 e. The lowest BCUT2D eigenvalue weighted by atomic mass is 9.96. The fraction of sp³-hybridized carbons (Fsp3) is 0.818. The molecule has 16 heavy (non-hydrogen) atoms. The SMILES string of the molecule is CC(C)(C)n1c(C2CCNCC2)n[nH]c1=O. The molecule has 0 aliphatic carbocycles. The van der Waals surface area contributed by atoms with Crippen LogP contribution in [0.25, 0.3) is 0 Å². The second kappa shape index (κ2) is 4.05. The van der Waals surface area contributed by atoms with Gasteiger partial charge in [0.05, 0.1) is 0 Å². The molecule has 0 unspecified atom stereocenters. The quantitative estimate of drug-likeness (QED) is 0.741. The van der Waals surface area contributed by atoms with Crippen molar-refractivity contribution in [3.8, 4) is 0 Å². The summed E-state index contributed by atoms with van der Waals surface area (Å²) < 4.78 is 1.79. The van der Waals surface area contributed by atoms with Crippen LogP contribution >= 0.6 is 0 Å². The smallest absolute Gasteiger partial charge is 0.317 e. The van der Waals surface area contributed by atoms with Crippen molar-refractivity contribution in [3.05, 3.63) is 16.3 Å². The summed E-state index contributed by atoms with van der Waals surface area (Å²) in [5.41, 5.74) is -0.300. The standard InChI is InChI=1S/C11H20N4O/c1-11(2,3)15-9(13-14-10(15)16)8-4-6-12-7-5-8/h8,12H,4-7H2,1-3H3,(H,14,16). The van der Waals surface area contributed by atoms with Crippen LogP contribution in [0.1, 0.15) is 45.4 Å². The number of piperidine rings is 1. The van der Waals surface area contributed by atoms with Gasteiger partial charge in [-0.05, 0) is 46.7 Å². The van der Waals surface area contributed by atoms with Crippen molar-refractivity contribution in [1.82, 2.24) is 20.1 Å². The van der Waals surface area contributed by atoms with E-state index in [0.29, 0.717) is 5.92 Å². The molecule has 0 radical (unpaired) electrons. The third kappa shape index (κ3) is 2.04. The number of rotatable bonds is 1. The first kappa shape index (κ1) is 11.4. The minimum atomic E-state index is -0.204. The molecule has 0 bridgehead atoms. The summed E-state index contributed by atoms with van der Waals surface area (Å²) in [4.78, 5) is 11.8. The van der Waals surface area contributed by atoms with Gasteiger partial charge >= 0.3 is 5.69 Å². The van der Waals surface area contributed by atoms with Crippen LogP contribution in [0.15, 0.2) is 4.79 Å². The molecule has 0 amide bonds. The largest absolute Gasteiger partial charge is 0.343 e. The number of hydrogen-bond acceptors (Lipinski definition) is 3. The highest BCUT2D eigenvalue weighted by molar-refractivity contribution is 5.02. The third-order valence-corrected chi connectivity index (χ3v) is 3.07. The first-order valence-electron chi connectivity index (χ1n) is 5.88. The molecule has 1 aromatic heterocycles. The van der Waals surface area contributed by atoms with Crippen LogP contribution < -0.4 is 11.0 Å². The van der Waals surface area contributed by atoms with Crippen LogP contribution in [0.2, 0.25) is 0 Å². The van der Waals surface area contributed by atoms with Crippen LogP contribution in [0.3, 0.4) is 0 Å². The molecule has 2 rings (SSSR count). The first-order chi connectivity index (χ1) is 7.50. The molecular formula is C11H20N4O. The number of H-pyrrole nitrogens is 1. The predicted octanol–water partition coefficient (Wildman–Crippen LogP) is 0.793. The Bertz CT molecular complexity index is 406. The monoisotopic (exact) mass is 224 g/mol. The van der Waals surface area contributed by atoms with Gasteiger partial charge in [-0.2, -0.15) is 5.10 Å². The second-order valence-corrected chi connectivity index (χ2v) is 5.42. The van der Waals surface area contributed by atoms with E-state index >= 15 is 0 Å². The van der Waals surface area contributed by atoms with E-state index in [4.69, 9.17) is 0 Å². The Balaban J connectivity index is 2.37. The lowest BCUT2D eigenvalue weighted by Crippen LogP contribution is -2.36. The van der Waals surface area contributed by atoms with Crippen LogP contribution in [0, 0.1) is 0 Å². The Kier molecular flexibility index (Phi) is 2.88. The van der Waals surface area contributed by atoms with Crippen LogP contribution in [0.4, 0.5) is 0 Å². The fourth-order valence-corrected chi connectivity index (χ4v) is 2.31. The zero-order valence-corrected chi connectivity index (χ0v) is 10.2. The van der Waals surface area contributed by atoms with Crippen molar-refractivity contribution < 1.29 is 0 Å². The highest BCUT2D eigenvalue weighted by atomic mass is 16.1. The molecule has 2 N–H and O–H groups in total. The summed E-state index contributed by atoms with van der Waals surface area (Å²) in [7, 11) is 0.